The summed E-state index contributed by atoms with van der Waals surface area (Å²) in [5.41, 5.74) is 6.00. The summed E-state index contributed by atoms with van der Waals surface area (Å²) >= 11 is 0. The minimum Gasteiger partial charge on any atom is -0.330 e. The van der Waals surface area contributed by atoms with Crippen molar-refractivity contribution in [3.05, 3.63) is 0 Å². The lowest BCUT2D eigenvalue weighted by molar-refractivity contribution is 0.128. The highest BCUT2D eigenvalue weighted by Gasteiger charge is 2.26. The van der Waals surface area contributed by atoms with Gasteiger partial charge in [-0.15, -0.1) is 0 Å². The van der Waals surface area contributed by atoms with Crippen LogP contribution in [0.15, 0.2) is 0 Å². The highest BCUT2D eigenvalue weighted by Crippen LogP contribution is 2.24. The molecule has 3 N–H and O–H groups in total. The molecule has 4 nitrogen and oxygen atoms in total. The van der Waals surface area contributed by atoms with Crippen molar-refractivity contribution in [2.75, 3.05) is 59.4 Å². The van der Waals surface area contributed by atoms with Gasteiger partial charge in [0, 0.05) is 32.7 Å². The van der Waals surface area contributed by atoms with Gasteiger partial charge in [-0.2, -0.15) is 0 Å². The topological polar surface area (TPSA) is 44.5 Å². The van der Waals surface area contributed by atoms with E-state index in [1.54, 1.807) is 0 Å². The van der Waals surface area contributed by atoms with Gasteiger partial charge >= 0.3 is 0 Å². The van der Waals surface area contributed by atoms with E-state index < -0.39 is 0 Å². The summed E-state index contributed by atoms with van der Waals surface area (Å²) in [4.78, 5) is 5.03. The second-order valence-corrected chi connectivity index (χ2v) is 5.69. The number of nitrogens with zero attached hydrogens (tertiary/aromatic N) is 2. The standard InChI is InChI=1S/C13H28N4/c1-16-6-2-12(3-7-16)13(10-14)11-17-8-4-15-5-9-17/h12-13,15H,2-11,14H2,1H3. The molecule has 0 aromatic heterocycles. The van der Waals surface area contributed by atoms with Gasteiger partial charge in [-0.25, -0.2) is 0 Å². The Hall–Kier alpha value is -0.160. The predicted molar refractivity (Wildman–Crippen MR) is 72.1 cm³/mol. The average Bonchev–Trinajstić information content (AvgIpc) is 2.38. The summed E-state index contributed by atoms with van der Waals surface area (Å²) in [5.74, 6) is 1.56. The number of rotatable bonds is 4. The fourth-order valence-electron chi connectivity index (χ4n) is 3.14. The maximum Gasteiger partial charge on any atom is 0.0107 e. The first-order valence-corrected chi connectivity index (χ1v) is 7.11. The molecule has 0 amide bonds. The van der Waals surface area contributed by atoms with Crippen LogP contribution in [0.1, 0.15) is 12.8 Å². The second-order valence-electron chi connectivity index (χ2n) is 5.69. The van der Waals surface area contributed by atoms with Crippen molar-refractivity contribution in [3.8, 4) is 0 Å². The van der Waals surface area contributed by atoms with Gasteiger partial charge in [0.1, 0.15) is 0 Å². The van der Waals surface area contributed by atoms with Crippen molar-refractivity contribution in [2.45, 2.75) is 12.8 Å². The Kier molecular flexibility index (Phi) is 5.22. The van der Waals surface area contributed by atoms with E-state index in [4.69, 9.17) is 5.73 Å². The maximum atomic E-state index is 6.00. The van der Waals surface area contributed by atoms with Crippen molar-refractivity contribution in [2.24, 2.45) is 17.6 Å². The Balaban J connectivity index is 1.78. The number of hydrogen-bond donors (Lipinski definition) is 2. The van der Waals surface area contributed by atoms with Gasteiger partial charge in [0.15, 0.2) is 0 Å². The molecule has 2 heterocycles. The molecular formula is C13H28N4. The molecule has 0 aromatic carbocycles. The van der Waals surface area contributed by atoms with E-state index in [1.165, 1.54) is 45.6 Å². The molecule has 4 heteroatoms. The van der Waals surface area contributed by atoms with E-state index in [1.807, 2.05) is 0 Å². The van der Waals surface area contributed by atoms with E-state index in [9.17, 15) is 0 Å². The van der Waals surface area contributed by atoms with Crippen molar-refractivity contribution in [1.29, 1.82) is 0 Å². The number of piperidine rings is 1. The molecule has 0 bridgehead atoms. The Morgan fingerprint density at radius 2 is 1.82 bits per heavy atom. The number of likely N-dealkylation sites (tertiary alicyclic amines) is 1. The zero-order chi connectivity index (χ0) is 12.1. The first kappa shape index (κ1) is 13.3. The minimum absolute atomic E-state index is 0.710. The lowest BCUT2D eigenvalue weighted by atomic mass is 9.84. The summed E-state index contributed by atoms with van der Waals surface area (Å²) in [6, 6.07) is 0. The summed E-state index contributed by atoms with van der Waals surface area (Å²) in [6.07, 6.45) is 2.68. The molecule has 0 saturated carbocycles. The largest absolute Gasteiger partial charge is 0.330 e. The average molecular weight is 240 g/mol. The fourth-order valence-corrected chi connectivity index (χ4v) is 3.14. The van der Waals surface area contributed by atoms with Crippen LogP contribution in [0.2, 0.25) is 0 Å². The minimum atomic E-state index is 0.710. The van der Waals surface area contributed by atoms with E-state index in [-0.39, 0.29) is 0 Å². The van der Waals surface area contributed by atoms with Crippen LogP contribution in [0.3, 0.4) is 0 Å². The SMILES string of the molecule is CN1CCC(C(CN)CN2CCNCC2)CC1. The highest BCUT2D eigenvalue weighted by molar-refractivity contribution is 4.81. The molecule has 2 aliphatic rings. The molecule has 0 spiro atoms. The van der Waals surface area contributed by atoms with Crippen LogP contribution in [-0.4, -0.2) is 69.2 Å². The third-order valence-corrected chi connectivity index (χ3v) is 4.43. The first-order valence-electron chi connectivity index (χ1n) is 7.11. The van der Waals surface area contributed by atoms with Crippen molar-refractivity contribution in [1.82, 2.24) is 15.1 Å². The zero-order valence-corrected chi connectivity index (χ0v) is 11.2. The van der Waals surface area contributed by atoms with Gasteiger partial charge in [0.25, 0.3) is 0 Å². The van der Waals surface area contributed by atoms with Gasteiger partial charge in [0.2, 0.25) is 0 Å². The van der Waals surface area contributed by atoms with Gasteiger partial charge in [-0.1, -0.05) is 0 Å². The number of hydrogen-bond acceptors (Lipinski definition) is 4. The van der Waals surface area contributed by atoms with Crippen LogP contribution < -0.4 is 11.1 Å². The van der Waals surface area contributed by atoms with Crippen LogP contribution in [0.5, 0.6) is 0 Å². The van der Waals surface area contributed by atoms with Crippen molar-refractivity contribution < 1.29 is 0 Å². The molecule has 0 aromatic rings. The van der Waals surface area contributed by atoms with Crippen LogP contribution in [0, 0.1) is 11.8 Å². The molecule has 0 aliphatic carbocycles. The highest BCUT2D eigenvalue weighted by atomic mass is 15.2. The molecule has 2 saturated heterocycles. The van der Waals surface area contributed by atoms with Gasteiger partial charge < -0.3 is 20.9 Å². The van der Waals surface area contributed by atoms with Crippen LogP contribution >= 0.6 is 0 Å². The predicted octanol–water partition coefficient (Wildman–Crippen LogP) is -0.192. The smallest absolute Gasteiger partial charge is 0.0107 e. The number of nitrogens with two attached hydrogens (primary N) is 1. The molecule has 2 rings (SSSR count). The fraction of sp³-hybridized carbons (Fsp3) is 1.00. The van der Waals surface area contributed by atoms with E-state index in [0.717, 1.165) is 25.6 Å². The number of nitrogens with one attached hydrogen (secondary N) is 1. The molecule has 1 atom stereocenters. The van der Waals surface area contributed by atoms with Gasteiger partial charge in [-0.05, 0) is 51.4 Å². The van der Waals surface area contributed by atoms with Crippen LogP contribution in [-0.2, 0) is 0 Å². The molecule has 1 unspecified atom stereocenters. The summed E-state index contributed by atoms with van der Waals surface area (Å²) < 4.78 is 0. The monoisotopic (exact) mass is 240 g/mol. The lowest BCUT2D eigenvalue weighted by Gasteiger charge is -2.37. The maximum absolute atomic E-state index is 6.00. The van der Waals surface area contributed by atoms with Crippen molar-refractivity contribution in [3.63, 3.8) is 0 Å². The number of piperazine rings is 1. The van der Waals surface area contributed by atoms with Crippen molar-refractivity contribution >= 4 is 0 Å². The second kappa shape index (κ2) is 6.69. The molecule has 2 aliphatic heterocycles. The Labute approximate surface area is 106 Å². The van der Waals surface area contributed by atoms with E-state index in [2.05, 4.69) is 22.2 Å². The molecular weight excluding hydrogens is 212 g/mol. The third kappa shape index (κ3) is 3.91. The van der Waals surface area contributed by atoms with E-state index in [0.29, 0.717) is 5.92 Å². The molecule has 2 fully saturated rings. The first-order chi connectivity index (χ1) is 8.29. The lowest BCUT2D eigenvalue weighted by Crippen LogP contribution is -2.48. The normalized spacial score (nSPS) is 27.2. The summed E-state index contributed by atoms with van der Waals surface area (Å²) in [5, 5.41) is 3.41. The van der Waals surface area contributed by atoms with Crippen LogP contribution in [0.25, 0.3) is 0 Å². The molecule has 100 valence electrons. The Bertz CT molecular complexity index is 207. The molecule has 0 radical (unpaired) electrons. The quantitative estimate of drug-likeness (QED) is 0.715. The van der Waals surface area contributed by atoms with Gasteiger partial charge in [-0.3, -0.25) is 0 Å². The summed E-state index contributed by atoms with van der Waals surface area (Å²) in [7, 11) is 2.23. The Morgan fingerprint density at radius 1 is 1.18 bits per heavy atom. The Morgan fingerprint density at radius 3 is 2.41 bits per heavy atom. The van der Waals surface area contributed by atoms with E-state index >= 15 is 0 Å². The third-order valence-electron chi connectivity index (χ3n) is 4.43. The molecule has 17 heavy (non-hydrogen) atoms. The van der Waals surface area contributed by atoms with Gasteiger partial charge in [0.05, 0.1) is 0 Å². The zero-order valence-electron chi connectivity index (χ0n) is 11.2. The summed E-state index contributed by atoms with van der Waals surface area (Å²) in [6.45, 7) is 9.26. The van der Waals surface area contributed by atoms with Crippen LogP contribution in [0.4, 0.5) is 0 Å².